The molecule has 0 spiro atoms. The number of rotatable bonds is 4. The van der Waals surface area contributed by atoms with Gasteiger partial charge in [0.25, 0.3) is 5.56 Å². The quantitative estimate of drug-likeness (QED) is 0.722. The Morgan fingerprint density at radius 2 is 1.89 bits per heavy atom. The van der Waals surface area contributed by atoms with Gasteiger partial charge in [0.15, 0.2) is 5.82 Å². The lowest BCUT2D eigenvalue weighted by Crippen LogP contribution is -2.18. The van der Waals surface area contributed by atoms with Crippen molar-refractivity contribution in [3.8, 4) is 23.0 Å². The Morgan fingerprint density at radius 1 is 1.22 bits per heavy atom. The summed E-state index contributed by atoms with van der Waals surface area (Å²) in [6.07, 6.45) is 1.38. The Hall–Kier alpha value is -3.18. The van der Waals surface area contributed by atoms with Crippen molar-refractivity contribution in [2.24, 2.45) is 0 Å². The number of aromatic amines is 1. The van der Waals surface area contributed by atoms with Gasteiger partial charge >= 0.3 is 0 Å². The minimum atomic E-state index is -2.92. The Kier molecular flexibility index (Phi) is 4.72. The zero-order valence-corrected chi connectivity index (χ0v) is 16.0. The first-order valence-corrected chi connectivity index (χ1v) is 9.94. The van der Waals surface area contributed by atoms with Gasteiger partial charge in [-0.1, -0.05) is 12.1 Å². The van der Waals surface area contributed by atoms with Crippen LogP contribution < -0.4 is 5.56 Å². The predicted molar refractivity (Wildman–Crippen MR) is 103 cm³/mol. The molecule has 7 nitrogen and oxygen atoms in total. The number of hydrogen-bond donors (Lipinski definition) is 2. The summed E-state index contributed by atoms with van der Waals surface area (Å²) in [5.74, 6) is 0.353. The molecule has 0 aliphatic rings. The normalized spacial score (nSPS) is 13.3. The molecule has 8 heteroatoms. The molecule has 2 heterocycles. The van der Waals surface area contributed by atoms with Crippen LogP contribution in [0.3, 0.4) is 0 Å². The summed E-state index contributed by atoms with van der Waals surface area (Å²) in [7, 11) is -2.92. The maximum Gasteiger partial charge on any atom is 0.280 e. The van der Waals surface area contributed by atoms with E-state index in [2.05, 4.69) is 16.2 Å². The van der Waals surface area contributed by atoms with E-state index in [4.69, 9.17) is 10.0 Å². The van der Waals surface area contributed by atoms with Crippen molar-refractivity contribution < 1.29 is 4.21 Å². The molecule has 1 aromatic carbocycles. The molecule has 0 aliphatic heterocycles. The predicted octanol–water partition coefficient (Wildman–Crippen LogP) is 3.22. The maximum absolute atomic E-state index is 12.9. The molecular weight excluding hydrogens is 362 g/mol. The topological polar surface area (TPSA) is 115 Å². The second kappa shape index (κ2) is 6.85. The van der Waals surface area contributed by atoms with Crippen molar-refractivity contribution in [1.82, 2.24) is 14.8 Å². The molecule has 1 unspecified atom stereocenters. The number of aryl methyl sites for hydroxylation is 1. The van der Waals surface area contributed by atoms with Gasteiger partial charge < -0.3 is 0 Å². The van der Waals surface area contributed by atoms with E-state index < -0.39 is 9.73 Å². The van der Waals surface area contributed by atoms with Crippen molar-refractivity contribution in [2.45, 2.75) is 30.9 Å². The van der Waals surface area contributed by atoms with Crippen molar-refractivity contribution in [2.75, 3.05) is 0 Å². The summed E-state index contributed by atoms with van der Waals surface area (Å²) in [5.41, 5.74) is 2.12. The molecule has 0 fully saturated rings. The van der Waals surface area contributed by atoms with Crippen LogP contribution in [0.25, 0.3) is 16.9 Å². The smallest absolute Gasteiger partial charge is 0.280 e. The molecular formula is C19H19N5O2S. The second-order valence-electron chi connectivity index (χ2n) is 6.44. The van der Waals surface area contributed by atoms with Gasteiger partial charge in [0, 0.05) is 17.1 Å². The molecule has 3 aromatic rings. The number of nitrogens with zero attached hydrogens (tertiary/aromatic N) is 3. The zero-order valence-electron chi connectivity index (χ0n) is 15.2. The van der Waals surface area contributed by atoms with Crippen LogP contribution in [0.1, 0.15) is 25.1 Å². The summed E-state index contributed by atoms with van der Waals surface area (Å²) < 4.78 is 21.8. The van der Waals surface area contributed by atoms with Gasteiger partial charge in [0.1, 0.15) is 0 Å². The van der Waals surface area contributed by atoms with Crippen molar-refractivity contribution >= 4 is 9.73 Å². The minimum absolute atomic E-state index is 0.270. The van der Waals surface area contributed by atoms with Gasteiger partial charge in [0.05, 0.1) is 31.8 Å². The number of nitriles is 1. The van der Waals surface area contributed by atoms with E-state index in [0.717, 1.165) is 0 Å². The highest BCUT2D eigenvalue weighted by molar-refractivity contribution is 7.93. The molecule has 2 aromatic heterocycles. The van der Waals surface area contributed by atoms with Crippen LogP contribution in [0, 0.1) is 23.0 Å². The van der Waals surface area contributed by atoms with E-state index in [1.807, 2.05) is 0 Å². The molecule has 0 radical (unpaired) electrons. The van der Waals surface area contributed by atoms with Crippen molar-refractivity contribution in [3.05, 3.63) is 64.2 Å². The Morgan fingerprint density at radius 3 is 2.41 bits per heavy atom. The average Bonchev–Trinajstić information content (AvgIpc) is 2.96. The number of H-pyrrole nitrogens is 1. The summed E-state index contributed by atoms with van der Waals surface area (Å²) in [4.78, 5) is 17.4. The van der Waals surface area contributed by atoms with Crippen molar-refractivity contribution in [1.29, 1.82) is 10.0 Å². The molecule has 2 N–H and O–H groups in total. The first kappa shape index (κ1) is 18.6. The van der Waals surface area contributed by atoms with E-state index in [-0.39, 0.29) is 10.8 Å². The van der Waals surface area contributed by atoms with Gasteiger partial charge in [-0.2, -0.15) is 5.26 Å². The fraction of sp³-hybridized carbons (Fsp3) is 0.211. The van der Waals surface area contributed by atoms with Crippen molar-refractivity contribution in [3.63, 3.8) is 0 Å². The van der Waals surface area contributed by atoms with E-state index in [1.165, 1.54) is 10.9 Å². The number of hydrogen-bond acceptors (Lipinski definition) is 5. The second-order valence-corrected chi connectivity index (χ2v) is 9.06. The third kappa shape index (κ3) is 3.29. The van der Waals surface area contributed by atoms with Gasteiger partial charge in [0.2, 0.25) is 0 Å². The number of pyridine rings is 1. The Balaban J connectivity index is 2.04. The molecule has 0 bridgehead atoms. The standard InChI is InChI=1S/C19H19N5O2S/c1-12(2)27(21,26)16-8-9-17(22-11-16)24-19(25)18(13(3)23-24)15-6-4-14(10-20)5-7-15/h4-9,11-12,21,23H,1-3H3. The molecule has 0 saturated heterocycles. The van der Waals surface area contributed by atoms with Crippen LogP contribution >= 0.6 is 0 Å². The molecule has 1 atom stereocenters. The largest absolute Gasteiger partial charge is 0.293 e. The molecule has 0 amide bonds. The highest BCUT2D eigenvalue weighted by Crippen LogP contribution is 2.21. The number of benzene rings is 1. The minimum Gasteiger partial charge on any atom is -0.293 e. The fourth-order valence-corrected chi connectivity index (χ4v) is 3.74. The first-order chi connectivity index (χ1) is 12.8. The summed E-state index contributed by atoms with van der Waals surface area (Å²) in [6, 6.07) is 12.0. The lowest BCUT2D eigenvalue weighted by Gasteiger charge is -2.11. The first-order valence-electron chi connectivity index (χ1n) is 8.32. The molecule has 0 saturated carbocycles. The van der Waals surface area contributed by atoms with Crippen LogP contribution in [-0.4, -0.2) is 24.2 Å². The molecule has 138 valence electrons. The van der Waals surface area contributed by atoms with Gasteiger partial charge in [-0.3, -0.25) is 9.89 Å². The summed E-state index contributed by atoms with van der Waals surface area (Å²) in [6.45, 7) is 5.24. The van der Waals surface area contributed by atoms with Crippen LogP contribution in [0.4, 0.5) is 0 Å². The van der Waals surface area contributed by atoms with Crippen LogP contribution in [0.2, 0.25) is 0 Å². The third-order valence-electron chi connectivity index (χ3n) is 4.34. The average molecular weight is 381 g/mol. The molecule has 0 aliphatic carbocycles. The Labute approximate surface area is 157 Å². The monoisotopic (exact) mass is 381 g/mol. The third-order valence-corrected chi connectivity index (χ3v) is 6.61. The highest BCUT2D eigenvalue weighted by atomic mass is 32.2. The molecule has 27 heavy (non-hydrogen) atoms. The van der Waals surface area contributed by atoms with E-state index >= 15 is 0 Å². The van der Waals surface area contributed by atoms with E-state index in [9.17, 15) is 9.00 Å². The van der Waals surface area contributed by atoms with E-state index in [0.29, 0.717) is 33.1 Å². The SMILES string of the molecule is Cc1[nH]n(-c2ccc(S(=N)(=O)C(C)C)cn2)c(=O)c1-c1ccc(C#N)cc1. The van der Waals surface area contributed by atoms with Gasteiger partial charge in [-0.15, -0.1) is 0 Å². The zero-order chi connectivity index (χ0) is 19.8. The molecule has 3 rings (SSSR count). The van der Waals surface area contributed by atoms with Crippen LogP contribution in [0.15, 0.2) is 52.3 Å². The maximum atomic E-state index is 12.9. The highest BCUT2D eigenvalue weighted by Gasteiger charge is 2.18. The van der Waals surface area contributed by atoms with Crippen LogP contribution in [0.5, 0.6) is 0 Å². The van der Waals surface area contributed by atoms with Gasteiger partial charge in [-0.05, 0) is 50.6 Å². The van der Waals surface area contributed by atoms with E-state index in [1.54, 1.807) is 57.2 Å². The number of aromatic nitrogens is 3. The van der Waals surface area contributed by atoms with Gasteiger partial charge in [-0.25, -0.2) is 18.7 Å². The lowest BCUT2D eigenvalue weighted by atomic mass is 10.1. The summed E-state index contributed by atoms with van der Waals surface area (Å²) >= 11 is 0. The lowest BCUT2D eigenvalue weighted by molar-refractivity contribution is 0.666. The van der Waals surface area contributed by atoms with Crippen LogP contribution in [-0.2, 0) is 9.73 Å². The fourth-order valence-electron chi connectivity index (χ4n) is 2.72. The Bertz CT molecular complexity index is 1180. The number of nitrogens with one attached hydrogen (secondary N) is 2. The summed E-state index contributed by atoms with van der Waals surface area (Å²) in [5, 5.41) is 11.6.